The highest BCUT2D eigenvalue weighted by Gasteiger charge is 2.19. The molecule has 0 aromatic heterocycles. The van der Waals surface area contributed by atoms with E-state index in [1.54, 1.807) is 7.11 Å². The van der Waals surface area contributed by atoms with Crippen LogP contribution in [0.15, 0.2) is 29.2 Å². The number of hydrogen-bond acceptors (Lipinski definition) is 4. The van der Waals surface area contributed by atoms with Gasteiger partial charge in [0.15, 0.2) is 0 Å². The maximum Gasteiger partial charge on any atom is 0.230 e. The Morgan fingerprint density at radius 2 is 2.20 bits per heavy atom. The molecule has 1 aromatic carbocycles. The van der Waals surface area contributed by atoms with Gasteiger partial charge in [0.25, 0.3) is 0 Å². The molecule has 1 fully saturated rings. The van der Waals surface area contributed by atoms with Crippen LogP contribution in [0, 0.1) is 0 Å². The Labute approximate surface area is 122 Å². The zero-order valence-electron chi connectivity index (χ0n) is 11.3. The van der Waals surface area contributed by atoms with Gasteiger partial charge >= 0.3 is 0 Å². The Kier molecular flexibility index (Phi) is 5.29. The second-order valence-electron chi connectivity index (χ2n) is 4.57. The number of piperidine rings is 1. The van der Waals surface area contributed by atoms with Crippen molar-refractivity contribution in [3.05, 3.63) is 24.3 Å². The molecule has 108 valence electrons. The smallest absolute Gasteiger partial charge is 0.230 e. The van der Waals surface area contributed by atoms with E-state index in [4.69, 9.17) is 4.74 Å². The van der Waals surface area contributed by atoms with E-state index in [2.05, 4.69) is 10.6 Å². The number of amides is 2. The van der Waals surface area contributed by atoms with Gasteiger partial charge in [0, 0.05) is 23.9 Å². The van der Waals surface area contributed by atoms with Crippen molar-refractivity contribution in [3.63, 3.8) is 0 Å². The fraction of sp³-hybridized carbons (Fsp3) is 0.429. The van der Waals surface area contributed by atoms with Gasteiger partial charge in [-0.15, -0.1) is 11.8 Å². The van der Waals surface area contributed by atoms with Crippen LogP contribution in [0.4, 0.5) is 0 Å². The minimum Gasteiger partial charge on any atom is -0.497 e. The highest BCUT2D eigenvalue weighted by Crippen LogP contribution is 2.21. The van der Waals surface area contributed by atoms with Gasteiger partial charge in [-0.2, -0.15) is 0 Å². The molecule has 1 saturated heterocycles. The van der Waals surface area contributed by atoms with E-state index in [0.29, 0.717) is 25.1 Å². The number of carbonyl (C=O) groups is 2. The van der Waals surface area contributed by atoms with E-state index in [-0.39, 0.29) is 17.9 Å². The normalized spacial score (nSPS) is 18.2. The fourth-order valence-electron chi connectivity index (χ4n) is 1.95. The SMILES string of the molecule is COc1ccc(SCC(=O)NC2CCC(=O)NC2)cc1. The van der Waals surface area contributed by atoms with Crippen LogP contribution in [0.2, 0.25) is 0 Å². The molecule has 1 atom stereocenters. The van der Waals surface area contributed by atoms with Gasteiger partial charge in [-0.05, 0) is 30.7 Å². The third-order valence-corrected chi connectivity index (χ3v) is 4.07. The molecule has 20 heavy (non-hydrogen) atoms. The zero-order chi connectivity index (χ0) is 14.4. The molecule has 2 rings (SSSR count). The van der Waals surface area contributed by atoms with E-state index >= 15 is 0 Å². The van der Waals surface area contributed by atoms with Crippen molar-refractivity contribution in [2.24, 2.45) is 0 Å². The van der Waals surface area contributed by atoms with Gasteiger partial charge in [-0.3, -0.25) is 9.59 Å². The third kappa shape index (κ3) is 4.45. The highest BCUT2D eigenvalue weighted by molar-refractivity contribution is 8.00. The summed E-state index contributed by atoms with van der Waals surface area (Å²) in [6, 6.07) is 7.65. The Morgan fingerprint density at radius 3 is 2.80 bits per heavy atom. The minimum absolute atomic E-state index is 0.00744. The van der Waals surface area contributed by atoms with Gasteiger partial charge in [-0.25, -0.2) is 0 Å². The number of thioether (sulfide) groups is 1. The van der Waals surface area contributed by atoms with Crippen molar-refractivity contribution >= 4 is 23.6 Å². The van der Waals surface area contributed by atoms with E-state index < -0.39 is 0 Å². The molecule has 2 amide bonds. The lowest BCUT2D eigenvalue weighted by Crippen LogP contribution is -2.48. The van der Waals surface area contributed by atoms with Gasteiger partial charge in [0.05, 0.1) is 12.9 Å². The summed E-state index contributed by atoms with van der Waals surface area (Å²) in [5, 5.41) is 5.68. The molecular weight excluding hydrogens is 276 g/mol. The summed E-state index contributed by atoms with van der Waals surface area (Å²) >= 11 is 1.48. The van der Waals surface area contributed by atoms with E-state index in [1.807, 2.05) is 24.3 Å². The lowest BCUT2D eigenvalue weighted by atomic mass is 10.1. The maximum atomic E-state index is 11.8. The Hall–Kier alpha value is -1.69. The predicted molar refractivity (Wildman–Crippen MR) is 77.9 cm³/mol. The molecule has 1 aliphatic rings. The van der Waals surface area contributed by atoms with Gasteiger partial charge in [-0.1, -0.05) is 0 Å². The molecular formula is C14H18N2O3S. The van der Waals surface area contributed by atoms with Crippen molar-refractivity contribution < 1.29 is 14.3 Å². The zero-order valence-corrected chi connectivity index (χ0v) is 12.2. The van der Waals surface area contributed by atoms with Gasteiger partial charge < -0.3 is 15.4 Å². The van der Waals surface area contributed by atoms with Crippen LogP contribution in [0.1, 0.15) is 12.8 Å². The number of rotatable bonds is 5. The van der Waals surface area contributed by atoms with Gasteiger partial charge in [0.2, 0.25) is 11.8 Å². The molecule has 1 heterocycles. The maximum absolute atomic E-state index is 11.8. The highest BCUT2D eigenvalue weighted by atomic mass is 32.2. The van der Waals surface area contributed by atoms with E-state index in [9.17, 15) is 9.59 Å². The van der Waals surface area contributed by atoms with E-state index in [0.717, 1.165) is 10.6 Å². The molecule has 6 heteroatoms. The third-order valence-electron chi connectivity index (χ3n) is 3.06. The predicted octanol–water partition coefficient (Wildman–Crippen LogP) is 1.18. The summed E-state index contributed by atoms with van der Waals surface area (Å²) in [6.45, 7) is 0.526. The van der Waals surface area contributed by atoms with Crippen LogP contribution in [0.3, 0.4) is 0 Å². The summed E-state index contributed by atoms with van der Waals surface area (Å²) in [5.41, 5.74) is 0. The van der Waals surface area contributed by atoms with Crippen LogP contribution in [0.25, 0.3) is 0 Å². The molecule has 2 N–H and O–H groups in total. The number of carbonyl (C=O) groups excluding carboxylic acids is 2. The summed E-state index contributed by atoms with van der Waals surface area (Å²) in [7, 11) is 1.62. The first-order chi connectivity index (χ1) is 9.67. The van der Waals surface area contributed by atoms with Crippen molar-refractivity contribution in [1.82, 2.24) is 10.6 Å². The summed E-state index contributed by atoms with van der Waals surface area (Å²) in [6.07, 6.45) is 1.20. The average molecular weight is 294 g/mol. The molecule has 0 bridgehead atoms. The average Bonchev–Trinajstić information content (AvgIpc) is 2.48. The monoisotopic (exact) mass is 294 g/mol. The van der Waals surface area contributed by atoms with Crippen LogP contribution in [-0.2, 0) is 9.59 Å². The van der Waals surface area contributed by atoms with Crippen molar-refractivity contribution in [3.8, 4) is 5.75 Å². The topological polar surface area (TPSA) is 67.4 Å². The molecule has 0 spiro atoms. The number of methoxy groups -OCH3 is 1. The van der Waals surface area contributed by atoms with E-state index in [1.165, 1.54) is 11.8 Å². The fourth-order valence-corrected chi connectivity index (χ4v) is 2.66. The summed E-state index contributed by atoms with van der Waals surface area (Å²) in [4.78, 5) is 23.9. The number of nitrogens with one attached hydrogen (secondary N) is 2. The number of hydrogen-bond donors (Lipinski definition) is 2. The van der Waals surface area contributed by atoms with Gasteiger partial charge in [0.1, 0.15) is 5.75 Å². The molecule has 0 aliphatic carbocycles. The Morgan fingerprint density at radius 1 is 1.45 bits per heavy atom. The van der Waals surface area contributed by atoms with Crippen LogP contribution in [-0.4, -0.2) is 37.3 Å². The molecule has 0 saturated carbocycles. The lowest BCUT2D eigenvalue weighted by molar-refractivity contribution is -0.124. The van der Waals surface area contributed by atoms with Crippen LogP contribution >= 0.6 is 11.8 Å². The Bertz CT molecular complexity index is 466. The lowest BCUT2D eigenvalue weighted by Gasteiger charge is -2.23. The first-order valence-corrected chi connectivity index (χ1v) is 7.49. The second-order valence-corrected chi connectivity index (χ2v) is 5.62. The molecule has 1 aliphatic heterocycles. The minimum atomic E-state index is -0.00744. The molecule has 1 unspecified atom stereocenters. The summed E-state index contributed by atoms with van der Waals surface area (Å²) < 4.78 is 5.08. The number of ether oxygens (including phenoxy) is 1. The van der Waals surface area contributed by atoms with Crippen molar-refractivity contribution in [2.75, 3.05) is 19.4 Å². The summed E-state index contributed by atoms with van der Waals surface area (Å²) in [5.74, 6) is 1.23. The van der Waals surface area contributed by atoms with Crippen LogP contribution < -0.4 is 15.4 Å². The largest absolute Gasteiger partial charge is 0.497 e. The van der Waals surface area contributed by atoms with Crippen LogP contribution in [0.5, 0.6) is 5.75 Å². The molecule has 5 nitrogen and oxygen atoms in total. The van der Waals surface area contributed by atoms with Crippen molar-refractivity contribution in [2.45, 2.75) is 23.8 Å². The Balaban J connectivity index is 1.72. The standard InChI is InChI=1S/C14H18N2O3S/c1-19-11-3-5-12(6-4-11)20-9-14(18)16-10-2-7-13(17)15-8-10/h3-6,10H,2,7-9H2,1H3,(H,15,17)(H,16,18). The first-order valence-electron chi connectivity index (χ1n) is 6.50. The molecule has 1 aromatic rings. The quantitative estimate of drug-likeness (QED) is 0.800. The number of benzene rings is 1. The second kappa shape index (κ2) is 7.19. The first kappa shape index (κ1) is 14.7. The molecule has 0 radical (unpaired) electrons. The van der Waals surface area contributed by atoms with Crippen molar-refractivity contribution in [1.29, 1.82) is 0 Å².